The topological polar surface area (TPSA) is 108 Å². The molecule has 3 unspecified atom stereocenters. The minimum atomic E-state index is -4.62. The molecule has 0 aliphatic rings. The summed E-state index contributed by atoms with van der Waals surface area (Å²) in [6, 6.07) is -0.910. The maximum absolute atomic E-state index is 13.1. The molecule has 0 heterocycles. The molecule has 0 aromatic heterocycles. The number of nitrogens with one attached hydrogen (secondary N) is 1. The van der Waals surface area contributed by atoms with Gasteiger partial charge in [-0.25, -0.2) is 0 Å². The molecule has 0 fully saturated rings. The highest BCUT2D eigenvalue weighted by molar-refractivity contribution is 7.45. The van der Waals surface area contributed by atoms with Gasteiger partial charge in [0.05, 0.1) is 39.9 Å². The molecule has 87 heavy (non-hydrogen) atoms. The molecule has 0 aromatic rings. The van der Waals surface area contributed by atoms with Crippen molar-refractivity contribution in [2.24, 2.45) is 0 Å². The van der Waals surface area contributed by atoms with Gasteiger partial charge in [-0.1, -0.05) is 391 Å². The molecule has 0 bridgehead atoms. The third-order valence-corrected chi connectivity index (χ3v) is 19.0. The van der Waals surface area contributed by atoms with E-state index in [-0.39, 0.29) is 12.5 Å². The van der Waals surface area contributed by atoms with Crippen LogP contribution < -0.4 is 10.2 Å². The molecule has 8 nitrogen and oxygen atoms in total. The van der Waals surface area contributed by atoms with Crippen LogP contribution >= 0.6 is 7.82 Å². The van der Waals surface area contributed by atoms with E-state index in [0.717, 1.165) is 44.9 Å². The lowest BCUT2D eigenvalue weighted by molar-refractivity contribution is -0.870. The summed E-state index contributed by atoms with van der Waals surface area (Å²) in [6.45, 7) is 4.69. The quantitative estimate of drug-likeness (QED) is 0.0272. The van der Waals surface area contributed by atoms with Crippen LogP contribution in [-0.2, 0) is 18.4 Å². The van der Waals surface area contributed by atoms with E-state index in [1.807, 2.05) is 27.2 Å². The largest absolute Gasteiger partial charge is 0.756 e. The van der Waals surface area contributed by atoms with Gasteiger partial charge in [0.25, 0.3) is 7.82 Å². The van der Waals surface area contributed by atoms with Gasteiger partial charge < -0.3 is 28.8 Å². The lowest BCUT2D eigenvalue weighted by Crippen LogP contribution is -2.45. The number of aliphatic hydroxyl groups is 1. The smallest absolute Gasteiger partial charge is 0.268 e. The summed E-state index contributed by atoms with van der Waals surface area (Å²) >= 11 is 0. The van der Waals surface area contributed by atoms with E-state index in [1.165, 1.54) is 340 Å². The first-order valence-electron chi connectivity index (χ1n) is 38.9. The Bertz CT molecular complexity index is 1510. The normalized spacial score (nSPS) is 13.7. The van der Waals surface area contributed by atoms with Crippen LogP contribution in [0.2, 0.25) is 0 Å². The number of phosphoric ester groups is 1. The Kier molecular flexibility index (Phi) is 68.1. The Hall–Kier alpha value is -1.28. The summed E-state index contributed by atoms with van der Waals surface area (Å²) in [5.74, 6) is -0.202. The maximum Gasteiger partial charge on any atom is 0.268 e. The highest BCUT2D eigenvalue weighted by atomic mass is 31.2. The lowest BCUT2D eigenvalue weighted by Gasteiger charge is -2.29. The molecule has 0 aliphatic heterocycles. The lowest BCUT2D eigenvalue weighted by atomic mass is 10.0. The van der Waals surface area contributed by atoms with Gasteiger partial charge in [-0.2, -0.15) is 0 Å². The van der Waals surface area contributed by atoms with E-state index in [2.05, 4.69) is 43.5 Å². The second kappa shape index (κ2) is 69.1. The number of rotatable bonds is 73. The summed E-state index contributed by atoms with van der Waals surface area (Å²) in [7, 11) is 1.25. The van der Waals surface area contributed by atoms with Crippen LogP contribution in [0.4, 0.5) is 0 Å². The highest BCUT2D eigenvalue weighted by Crippen LogP contribution is 2.38. The SMILES string of the molecule is CCCCCCCCCCCCCCCCCCCCCCC/C=C/CC/C=C/CC/C=C/C(O)C(COP(=O)([O-])OCC[N+](C)(C)C)NC(=O)CCCCCCCCCCCCCCCCCCCCCCCCCCCCCCCCCCCC. The average molecular weight is 1250 g/mol. The molecule has 0 aromatic carbocycles. The van der Waals surface area contributed by atoms with E-state index in [4.69, 9.17) is 9.05 Å². The van der Waals surface area contributed by atoms with Gasteiger partial charge in [-0.05, 0) is 44.9 Å². The molecule has 2 N–H and O–H groups in total. The number of quaternary nitrogens is 1. The molecule has 516 valence electrons. The summed E-state index contributed by atoms with van der Waals surface area (Å²) in [6.07, 6.45) is 93.2. The number of likely N-dealkylation sites (N-methyl/N-ethyl adjacent to an activating group) is 1. The van der Waals surface area contributed by atoms with Crippen molar-refractivity contribution < 1.29 is 32.9 Å². The molecule has 0 spiro atoms. The van der Waals surface area contributed by atoms with Crippen LogP contribution in [0.3, 0.4) is 0 Å². The monoisotopic (exact) mass is 1250 g/mol. The summed E-state index contributed by atoms with van der Waals surface area (Å²) in [5.41, 5.74) is 0. The van der Waals surface area contributed by atoms with Crippen LogP contribution in [0.5, 0.6) is 0 Å². The zero-order chi connectivity index (χ0) is 63.4. The number of amides is 1. The van der Waals surface area contributed by atoms with Crippen molar-refractivity contribution in [3.8, 4) is 0 Å². The molecular weight excluding hydrogens is 1090 g/mol. The molecule has 0 saturated heterocycles. The molecule has 0 saturated carbocycles. The molecule has 3 atom stereocenters. The minimum Gasteiger partial charge on any atom is -0.756 e. The van der Waals surface area contributed by atoms with E-state index >= 15 is 0 Å². The van der Waals surface area contributed by atoms with Gasteiger partial charge in [0.2, 0.25) is 5.91 Å². The van der Waals surface area contributed by atoms with Gasteiger partial charge in [0, 0.05) is 6.42 Å². The maximum atomic E-state index is 13.1. The Morgan fingerprint density at radius 2 is 0.644 bits per heavy atom. The van der Waals surface area contributed by atoms with Crippen LogP contribution in [0.1, 0.15) is 406 Å². The molecular formula is C78H153N2O6P. The van der Waals surface area contributed by atoms with Crippen molar-refractivity contribution in [3.05, 3.63) is 36.5 Å². The third-order valence-electron chi connectivity index (χ3n) is 18.1. The number of hydrogen-bond acceptors (Lipinski definition) is 6. The number of allylic oxidation sites excluding steroid dienone is 5. The van der Waals surface area contributed by atoms with E-state index in [1.54, 1.807) is 6.08 Å². The summed E-state index contributed by atoms with van der Waals surface area (Å²) < 4.78 is 23.5. The van der Waals surface area contributed by atoms with Crippen LogP contribution in [0.25, 0.3) is 0 Å². The van der Waals surface area contributed by atoms with Crippen molar-refractivity contribution in [2.75, 3.05) is 40.9 Å². The number of nitrogens with zero attached hydrogens (tertiary/aromatic N) is 1. The fraction of sp³-hybridized carbons (Fsp3) is 0.910. The Balaban J connectivity index is 4.02. The van der Waals surface area contributed by atoms with Crippen LogP contribution in [0, 0.1) is 0 Å². The molecule has 1 amide bonds. The first kappa shape index (κ1) is 85.7. The molecule has 9 heteroatoms. The minimum absolute atomic E-state index is 0.00695. The van der Waals surface area contributed by atoms with Crippen molar-refractivity contribution in [3.63, 3.8) is 0 Å². The van der Waals surface area contributed by atoms with E-state index in [0.29, 0.717) is 17.4 Å². The zero-order valence-electron chi connectivity index (χ0n) is 59.3. The van der Waals surface area contributed by atoms with E-state index in [9.17, 15) is 19.4 Å². The first-order valence-corrected chi connectivity index (χ1v) is 40.3. The predicted octanol–water partition coefficient (Wildman–Crippen LogP) is 24.5. The van der Waals surface area contributed by atoms with Gasteiger partial charge >= 0.3 is 0 Å². The summed E-state index contributed by atoms with van der Waals surface area (Å²) in [4.78, 5) is 25.7. The second-order valence-corrected chi connectivity index (χ2v) is 29.5. The standard InChI is InChI=1S/C78H153N2O6P/c1-6-8-10-12-14-16-18-20-22-24-26-28-30-32-34-36-38-39-40-42-44-46-48-50-52-54-56-58-60-62-64-66-68-70-72-78(82)79-76(75-86-87(83,84)85-74-73-80(3,4)5)77(81)71-69-67-65-63-61-59-57-55-53-51-49-47-45-43-41-37-35-33-31-29-27-25-23-21-19-17-15-13-11-9-7-2/h53,55,61,63,69,71,76-77,81H,6-52,54,56-60,62,64-68,70,72-75H2,1-5H3,(H-,79,82,83,84)/b55-53+,63-61+,71-69+. The van der Waals surface area contributed by atoms with Crippen molar-refractivity contribution in [1.82, 2.24) is 5.32 Å². The average Bonchev–Trinajstić information content (AvgIpc) is 3.70. The number of hydrogen-bond donors (Lipinski definition) is 2. The summed E-state index contributed by atoms with van der Waals surface area (Å²) in [5, 5.41) is 14.0. The van der Waals surface area contributed by atoms with Crippen molar-refractivity contribution in [2.45, 2.75) is 418 Å². The Labute approximate surface area is 544 Å². The van der Waals surface area contributed by atoms with Crippen LogP contribution in [-0.4, -0.2) is 68.5 Å². The molecule has 0 aliphatic carbocycles. The molecule has 0 radical (unpaired) electrons. The number of carbonyl (C=O) groups is 1. The van der Waals surface area contributed by atoms with Gasteiger partial charge in [0.15, 0.2) is 0 Å². The highest BCUT2D eigenvalue weighted by Gasteiger charge is 2.23. The number of unbranched alkanes of at least 4 members (excludes halogenated alkanes) is 56. The van der Waals surface area contributed by atoms with E-state index < -0.39 is 26.6 Å². The van der Waals surface area contributed by atoms with Crippen LogP contribution in [0.15, 0.2) is 36.5 Å². The Morgan fingerprint density at radius 3 is 0.931 bits per heavy atom. The fourth-order valence-corrected chi connectivity index (χ4v) is 12.8. The number of phosphoric acid groups is 1. The van der Waals surface area contributed by atoms with Gasteiger partial charge in [0.1, 0.15) is 13.2 Å². The second-order valence-electron chi connectivity index (χ2n) is 28.1. The zero-order valence-corrected chi connectivity index (χ0v) is 60.2. The molecule has 0 rings (SSSR count). The number of aliphatic hydroxyl groups excluding tert-OH is 1. The Morgan fingerprint density at radius 1 is 0.391 bits per heavy atom. The predicted molar refractivity (Wildman–Crippen MR) is 381 cm³/mol. The first-order chi connectivity index (χ1) is 42.5. The number of carbonyl (C=O) groups excluding carboxylic acids is 1. The van der Waals surface area contributed by atoms with Crippen molar-refractivity contribution in [1.29, 1.82) is 0 Å². The fourth-order valence-electron chi connectivity index (χ4n) is 12.1. The van der Waals surface area contributed by atoms with Gasteiger partial charge in [-0.3, -0.25) is 9.36 Å². The van der Waals surface area contributed by atoms with Crippen molar-refractivity contribution >= 4 is 13.7 Å². The third kappa shape index (κ3) is 72.0. The van der Waals surface area contributed by atoms with Gasteiger partial charge in [-0.15, -0.1) is 0 Å².